The van der Waals surface area contributed by atoms with E-state index >= 15 is 0 Å². The van der Waals surface area contributed by atoms with E-state index in [-0.39, 0.29) is 18.7 Å². The minimum absolute atomic E-state index is 0.144. The van der Waals surface area contributed by atoms with Crippen LogP contribution in [0.1, 0.15) is 72.2 Å². The quantitative estimate of drug-likeness (QED) is 0.125. The molecule has 2 amide bonds. The van der Waals surface area contributed by atoms with Gasteiger partial charge in [0.1, 0.15) is 29.1 Å². The Balaban J connectivity index is 1.58. The molecule has 0 aromatic heterocycles. The van der Waals surface area contributed by atoms with Gasteiger partial charge >= 0.3 is 5.97 Å². The third-order valence-electron chi connectivity index (χ3n) is 6.67. The minimum Gasteiger partial charge on any atom is -0.497 e. The van der Waals surface area contributed by atoms with Crippen molar-refractivity contribution < 1.29 is 33.4 Å². The second-order valence-corrected chi connectivity index (χ2v) is 10.2. The van der Waals surface area contributed by atoms with Crippen LogP contribution in [0.4, 0.5) is 0 Å². The maximum absolute atomic E-state index is 12.9. The number of benzene rings is 3. The van der Waals surface area contributed by atoms with Crippen LogP contribution in [-0.2, 0) is 16.0 Å². The Kier molecular flexibility index (Phi) is 13.2. The fourth-order valence-electron chi connectivity index (χ4n) is 4.21. The fourth-order valence-corrected chi connectivity index (χ4v) is 4.21. The summed E-state index contributed by atoms with van der Waals surface area (Å²) in [4.78, 5) is 49.8. The van der Waals surface area contributed by atoms with Crippen LogP contribution in [0.5, 0.6) is 17.2 Å². The van der Waals surface area contributed by atoms with Gasteiger partial charge in [-0.05, 0) is 79.6 Å². The van der Waals surface area contributed by atoms with Gasteiger partial charge in [-0.25, -0.2) is 4.79 Å². The summed E-state index contributed by atoms with van der Waals surface area (Å²) in [5, 5.41) is 5.30. The largest absolute Gasteiger partial charge is 0.497 e. The van der Waals surface area contributed by atoms with Gasteiger partial charge < -0.3 is 24.8 Å². The highest BCUT2D eigenvalue weighted by atomic mass is 16.5. The van der Waals surface area contributed by atoms with Crippen LogP contribution in [0.15, 0.2) is 72.8 Å². The predicted octanol–water partition coefficient (Wildman–Crippen LogP) is 5.31. The summed E-state index contributed by atoms with van der Waals surface area (Å²) >= 11 is 0. The van der Waals surface area contributed by atoms with E-state index < -0.39 is 23.8 Å². The average Bonchev–Trinajstić information content (AvgIpc) is 3.02. The summed E-state index contributed by atoms with van der Waals surface area (Å²) in [7, 11) is 1.53. The number of rotatable bonds is 17. The molecule has 9 nitrogen and oxygen atoms in total. The Morgan fingerprint density at radius 3 is 1.98 bits per heavy atom. The number of esters is 1. The van der Waals surface area contributed by atoms with Gasteiger partial charge in [0.2, 0.25) is 5.91 Å². The van der Waals surface area contributed by atoms with Crippen molar-refractivity contribution in [1.29, 1.82) is 0 Å². The van der Waals surface area contributed by atoms with Gasteiger partial charge in [0.05, 0.1) is 25.8 Å². The highest BCUT2D eigenvalue weighted by molar-refractivity contribution is 5.98. The molecule has 9 heteroatoms. The Morgan fingerprint density at radius 2 is 1.35 bits per heavy atom. The van der Waals surface area contributed by atoms with Crippen LogP contribution < -0.4 is 24.8 Å². The van der Waals surface area contributed by atoms with Crippen LogP contribution in [0.2, 0.25) is 0 Å². The number of hydrogen-bond donors (Lipinski definition) is 2. The molecule has 0 aliphatic heterocycles. The molecule has 228 valence electrons. The van der Waals surface area contributed by atoms with Crippen molar-refractivity contribution in [3.05, 3.63) is 89.5 Å². The van der Waals surface area contributed by atoms with Gasteiger partial charge in [0.25, 0.3) is 5.91 Å². The summed E-state index contributed by atoms with van der Waals surface area (Å²) in [6, 6.07) is 19.1. The van der Waals surface area contributed by atoms with E-state index in [0.717, 1.165) is 12.8 Å². The third kappa shape index (κ3) is 11.3. The van der Waals surface area contributed by atoms with Crippen molar-refractivity contribution in [3.63, 3.8) is 0 Å². The first-order valence-electron chi connectivity index (χ1n) is 14.5. The molecule has 3 rings (SSSR count). The van der Waals surface area contributed by atoms with Crippen molar-refractivity contribution in [2.75, 3.05) is 20.3 Å². The Bertz CT molecular complexity index is 1340. The second-order valence-electron chi connectivity index (χ2n) is 10.2. The maximum Gasteiger partial charge on any atom is 0.343 e. The lowest BCUT2D eigenvalue weighted by atomic mass is 10.0. The molecule has 43 heavy (non-hydrogen) atoms. The number of unbranched alkanes of at least 4 members (excludes halogenated alkanes) is 4. The van der Waals surface area contributed by atoms with Crippen molar-refractivity contribution in [1.82, 2.24) is 10.6 Å². The van der Waals surface area contributed by atoms with Gasteiger partial charge in [-0.3, -0.25) is 14.4 Å². The number of Topliss-reactive ketones (excluding diaryl/α,β-unsaturated/α-hetero) is 1. The van der Waals surface area contributed by atoms with Crippen LogP contribution in [0.3, 0.4) is 0 Å². The van der Waals surface area contributed by atoms with Crippen molar-refractivity contribution in [2.45, 2.75) is 58.4 Å². The van der Waals surface area contributed by atoms with Crippen LogP contribution in [-0.4, -0.2) is 49.9 Å². The number of carbonyl (C=O) groups excluding carboxylic acids is 4. The molecule has 0 unspecified atom stereocenters. The van der Waals surface area contributed by atoms with Crippen molar-refractivity contribution >= 4 is 23.6 Å². The van der Waals surface area contributed by atoms with Crippen LogP contribution >= 0.6 is 0 Å². The zero-order valence-corrected chi connectivity index (χ0v) is 25.0. The Morgan fingerprint density at radius 1 is 0.744 bits per heavy atom. The topological polar surface area (TPSA) is 120 Å². The summed E-state index contributed by atoms with van der Waals surface area (Å²) in [6.07, 6.45) is 5.95. The highest BCUT2D eigenvalue weighted by Crippen LogP contribution is 2.18. The number of nitrogens with one attached hydrogen (secondary N) is 2. The molecule has 3 aromatic carbocycles. The number of ether oxygens (including phenoxy) is 3. The molecule has 0 radical (unpaired) electrons. The number of ketones is 1. The number of methoxy groups -OCH3 is 1. The molecule has 0 bridgehead atoms. The first-order valence-corrected chi connectivity index (χ1v) is 14.5. The summed E-state index contributed by atoms with van der Waals surface area (Å²) < 4.78 is 16.4. The second kappa shape index (κ2) is 17.3. The molecule has 1 atom stereocenters. The normalized spacial score (nSPS) is 11.2. The molecular weight excluding hydrogens is 548 g/mol. The van der Waals surface area contributed by atoms with Crippen molar-refractivity contribution in [2.24, 2.45) is 0 Å². The zero-order valence-electron chi connectivity index (χ0n) is 25.0. The minimum atomic E-state index is -0.945. The summed E-state index contributed by atoms with van der Waals surface area (Å²) in [5.41, 5.74) is 1.46. The zero-order chi connectivity index (χ0) is 31.0. The molecule has 0 aliphatic rings. The lowest BCUT2D eigenvalue weighted by Crippen LogP contribution is -2.48. The first kappa shape index (κ1) is 32.8. The van der Waals surface area contributed by atoms with Gasteiger partial charge in [-0.2, -0.15) is 0 Å². The fraction of sp³-hybridized carbons (Fsp3) is 0.353. The maximum atomic E-state index is 12.9. The summed E-state index contributed by atoms with van der Waals surface area (Å²) in [5.74, 6) is -0.0103. The van der Waals surface area contributed by atoms with Gasteiger partial charge in [-0.15, -0.1) is 0 Å². The standard InChI is InChI=1S/C34H40N2O7/c1-4-5-6-7-8-21-42-29-19-13-27(14-20-29)34(40)43-30-15-9-25(10-16-30)22-31(33(39)35-23-24(2)37)36-32(38)26-11-17-28(41-3)18-12-26/h9-20,31H,4-8,21-23H2,1-3H3,(H,35,39)(H,36,38)/t31-/m0/s1. The number of carbonyl (C=O) groups is 4. The van der Waals surface area contributed by atoms with E-state index in [0.29, 0.717) is 40.5 Å². The lowest BCUT2D eigenvalue weighted by Gasteiger charge is -2.19. The summed E-state index contributed by atoms with van der Waals surface area (Å²) in [6.45, 7) is 4.05. The Labute approximate surface area is 252 Å². The molecule has 0 saturated heterocycles. The number of hydrogen-bond acceptors (Lipinski definition) is 7. The van der Waals surface area contributed by atoms with Gasteiger partial charge in [-0.1, -0.05) is 44.7 Å². The molecule has 0 spiro atoms. The number of amides is 2. The molecule has 0 heterocycles. The van der Waals surface area contributed by atoms with Crippen LogP contribution in [0.25, 0.3) is 0 Å². The highest BCUT2D eigenvalue weighted by Gasteiger charge is 2.22. The SMILES string of the molecule is CCCCCCCOc1ccc(C(=O)Oc2ccc(C[C@H](NC(=O)c3ccc(OC)cc3)C(=O)NCC(C)=O)cc2)cc1. The average molecular weight is 589 g/mol. The van der Waals surface area contributed by atoms with E-state index in [1.807, 2.05) is 0 Å². The van der Waals surface area contributed by atoms with Crippen molar-refractivity contribution in [3.8, 4) is 17.2 Å². The van der Waals surface area contributed by atoms with E-state index in [9.17, 15) is 19.2 Å². The van der Waals surface area contributed by atoms with E-state index in [1.54, 1.807) is 72.8 Å². The van der Waals surface area contributed by atoms with E-state index in [1.165, 1.54) is 33.3 Å². The molecule has 2 N–H and O–H groups in total. The molecule has 3 aromatic rings. The third-order valence-corrected chi connectivity index (χ3v) is 6.67. The monoisotopic (exact) mass is 588 g/mol. The molecular formula is C34H40N2O7. The molecule has 0 aliphatic carbocycles. The predicted molar refractivity (Wildman–Crippen MR) is 164 cm³/mol. The smallest absolute Gasteiger partial charge is 0.343 e. The van der Waals surface area contributed by atoms with Gasteiger partial charge in [0, 0.05) is 12.0 Å². The Hall–Kier alpha value is -4.66. The van der Waals surface area contributed by atoms with Crippen LogP contribution in [0, 0.1) is 0 Å². The molecule has 0 saturated carbocycles. The first-order chi connectivity index (χ1) is 20.8. The lowest BCUT2D eigenvalue weighted by molar-refractivity contribution is -0.125. The van der Waals surface area contributed by atoms with E-state index in [4.69, 9.17) is 14.2 Å². The molecule has 0 fully saturated rings. The van der Waals surface area contributed by atoms with E-state index in [2.05, 4.69) is 17.6 Å². The van der Waals surface area contributed by atoms with Gasteiger partial charge in [0.15, 0.2) is 0 Å².